The minimum Gasteiger partial charge on any atom is -0.348 e. The molecule has 23 heavy (non-hydrogen) atoms. The first kappa shape index (κ1) is 15.2. The number of aryl methyl sites for hydroxylation is 1. The summed E-state index contributed by atoms with van der Waals surface area (Å²) < 4.78 is 0. The summed E-state index contributed by atoms with van der Waals surface area (Å²) in [6, 6.07) is 7.00. The van der Waals surface area contributed by atoms with Gasteiger partial charge in [-0.1, -0.05) is 24.3 Å². The molecule has 0 radical (unpaired) electrons. The van der Waals surface area contributed by atoms with Crippen LogP contribution in [0.15, 0.2) is 24.3 Å². The summed E-state index contributed by atoms with van der Waals surface area (Å²) in [6.45, 7) is -0.438. The molecule has 120 valence electrons. The lowest BCUT2D eigenvalue weighted by molar-refractivity contribution is -0.143. The molecule has 1 aliphatic heterocycles. The van der Waals surface area contributed by atoms with Gasteiger partial charge in [-0.25, -0.2) is 9.69 Å². The van der Waals surface area contributed by atoms with E-state index in [-0.39, 0.29) is 6.04 Å². The van der Waals surface area contributed by atoms with E-state index < -0.39 is 30.3 Å². The van der Waals surface area contributed by atoms with Crippen molar-refractivity contribution in [2.45, 2.75) is 25.3 Å². The van der Waals surface area contributed by atoms with Crippen LogP contribution in [0.1, 0.15) is 30.0 Å². The predicted molar refractivity (Wildman–Crippen MR) is 80.1 cm³/mol. The molecule has 1 fully saturated rings. The first-order valence-electron chi connectivity index (χ1n) is 7.49. The number of hydrogen-bond donors (Lipinski definition) is 1. The summed E-state index contributed by atoms with van der Waals surface area (Å²) >= 11 is 0. The van der Waals surface area contributed by atoms with Gasteiger partial charge in [-0.15, -0.1) is 0 Å². The number of amides is 5. The second-order valence-corrected chi connectivity index (χ2v) is 5.75. The molecule has 0 saturated carbocycles. The largest absolute Gasteiger partial charge is 0.348 e. The Balaban J connectivity index is 1.68. The number of rotatable bonds is 3. The summed E-state index contributed by atoms with van der Waals surface area (Å²) in [5.74, 6) is -2.32. The van der Waals surface area contributed by atoms with E-state index in [2.05, 4.69) is 5.32 Å². The molecular weight excluding hydrogens is 298 g/mol. The van der Waals surface area contributed by atoms with E-state index in [0.717, 1.165) is 24.8 Å². The molecule has 2 aliphatic rings. The lowest BCUT2D eigenvalue weighted by Gasteiger charge is -2.26. The third-order valence-electron chi connectivity index (χ3n) is 4.26. The van der Waals surface area contributed by atoms with E-state index in [0.29, 0.717) is 9.80 Å². The fraction of sp³-hybridized carbons (Fsp3) is 0.375. The Labute approximate surface area is 133 Å². The van der Waals surface area contributed by atoms with Crippen molar-refractivity contribution in [1.82, 2.24) is 15.1 Å². The topological polar surface area (TPSA) is 86.8 Å². The summed E-state index contributed by atoms with van der Waals surface area (Å²) in [5.41, 5.74) is 2.27. The molecule has 1 aromatic carbocycles. The lowest BCUT2D eigenvalue weighted by atomic mass is 9.88. The number of urea groups is 1. The van der Waals surface area contributed by atoms with Gasteiger partial charge in [-0.2, -0.15) is 0 Å². The van der Waals surface area contributed by atoms with Gasteiger partial charge in [0, 0.05) is 7.05 Å². The molecule has 0 spiro atoms. The Morgan fingerprint density at radius 3 is 2.65 bits per heavy atom. The van der Waals surface area contributed by atoms with Crippen molar-refractivity contribution in [3.63, 3.8) is 0 Å². The molecule has 0 aromatic heterocycles. The molecule has 3 rings (SSSR count). The van der Waals surface area contributed by atoms with Crippen molar-refractivity contribution in [2.24, 2.45) is 0 Å². The van der Waals surface area contributed by atoms with Crippen LogP contribution in [0.2, 0.25) is 0 Å². The monoisotopic (exact) mass is 315 g/mol. The maximum Gasteiger partial charge on any atom is 0.334 e. The fourth-order valence-corrected chi connectivity index (χ4v) is 3.04. The van der Waals surface area contributed by atoms with Crippen molar-refractivity contribution in [3.05, 3.63) is 35.4 Å². The van der Waals surface area contributed by atoms with Gasteiger partial charge in [0.2, 0.25) is 5.91 Å². The molecule has 1 heterocycles. The molecule has 1 N–H and O–H groups in total. The summed E-state index contributed by atoms with van der Waals surface area (Å²) in [7, 11) is 1.22. The maximum absolute atomic E-state index is 12.2. The van der Waals surface area contributed by atoms with Gasteiger partial charge in [-0.3, -0.25) is 19.3 Å². The third-order valence-corrected chi connectivity index (χ3v) is 4.26. The summed E-state index contributed by atoms with van der Waals surface area (Å²) in [5, 5.41) is 2.86. The van der Waals surface area contributed by atoms with Crippen LogP contribution in [0.4, 0.5) is 4.79 Å². The molecule has 1 aromatic rings. The van der Waals surface area contributed by atoms with Crippen LogP contribution in [0.5, 0.6) is 0 Å². The number of carbonyl (C=O) groups is 4. The van der Waals surface area contributed by atoms with Crippen LogP contribution in [-0.4, -0.2) is 47.1 Å². The molecule has 1 atom stereocenters. The average Bonchev–Trinajstić information content (AvgIpc) is 2.73. The zero-order valence-electron chi connectivity index (χ0n) is 12.7. The summed E-state index contributed by atoms with van der Waals surface area (Å²) in [6.07, 6.45) is 2.75. The number of benzene rings is 1. The van der Waals surface area contributed by atoms with Crippen LogP contribution >= 0.6 is 0 Å². The number of carbonyl (C=O) groups excluding carboxylic acids is 4. The van der Waals surface area contributed by atoms with Crippen molar-refractivity contribution in [2.75, 3.05) is 13.6 Å². The van der Waals surface area contributed by atoms with Gasteiger partial charge in [0.1, 0.15) is 6.54 Å². The smallest absolute Gasteiger partial charge is 0.334 e. The molecule has 5 amide bonds. The van der Waals surface area contributed by atoms with Crippen LogP contribution in [-0.2, 0) is 20.8 Å². The van der Waals surface area contributed by atoms with Gasteiger partial charge >= 0.3 is 17.8 Å². The molecule has 1 saturated heterocycles. The highest BCUT2D eigenvalue weighted by atomic mass is 16.2. The number of nitrogens with zero attached hydrogens (tertiary/aromatic N) is 2. The fourth-order valence-electron chi connectivity index (χ4n) is 3.04. The Morgan fingerprint density at radius 2 is 1.96 bits per heavy atom. The zero-order valence-corrected chi connectivity index (χ0v) is 12.7. The first-order chi connectivity index (χ1) is 11.0. The Hall–Kier alpha value is -2.70. The minimum atomic E-state index is -0.961. The highest BCUT2D eigenvalue weighted by Gasteiger charge is 2.43. The zero-order chi connectivity index (χ0) is 16.6. The van der Waals surface area contributed by atoms with E-state index in [9.17, 15) is 19.2 Å². The summed E-state index contributed by atoms with van der Waals surface area (Å²) in [4.78, 5) is 48.5. The van der Waals surface area contributed by atoms with Gasteiger partial charge in [-0.05, 0) is 30.4 Å². The Bertz CT molecular complexity index is 700. The van der Waals surface area contributed by atoms with E-state index in [1.807, 2.05) is 24.3 Å². The molecule has 0 bridgehead atoms. The van der Waals surface area contributed by atoms with E-state index in [4.69, 9.17) is 0 Å². The highest BCUT2D eigenvalue weighted by Crippen LogP contribution is 2.29. The van der Waals surface area contributed by atoms with Gasteiger partial charge in [0.05, 0.1) is 6.04 Å². The van der Waals surface area contributed by atoms with E-state index >= 15 is 0 Å². The SMILES string of the molecule is CN1C(=O)C(=O)N(CC(=O)N[C@H]2CCCc3ccccc32)C1=O. The third kappa shape index (κ3) is 2.69. The molecule has 7 nitrogen and oxygen atoms in total. The van der Waals surface area contributed by atoms with Crippen LogP contribution in [0, 0.1) is 0 Å². The van der Waals surface area contributed by atoms with Crippen molar-refractivity contribution < 1.29 is 19.2 Å². The number of fused-ring (bicyclic) bond motifs is 1. The Morgan fingerprint density at radius 1 is 1.22 bits per heavy atom. The number of hydrogen-bond acceptors (Lipinski definition) is 4. The number of nitrogens with one attached hydrogen (secondary N) is 1. The molecule has 0 unspecified atom stereocenters. The maximum atomic E-state index is 12.2. The van der Waals surface area contributed by atoms with Crippen LogP contribution in [0.3, 0.4) is 0 Å². The van der Waals surface area contributed by atoms with Gasteiger partial charge < -0.3 is 5.32 Å². The van der Waals surface area contributed by atoms with Crippen molar-refractivity contribution in [3.8, 4) is 0 Å². The average molecular weight is 315 g/mol. The predicted octanol–water partition coefficient (Wildman–Crippen LogP) is 0.601. The van der Waals surface area contributed by atoms with Crippen LogP contribution < -0.4 is 5.32 Å². The van der Waals surface area contributed by atoms with Gasteiger partial charge in [0.15, 0.2) is 0 Å². The lowest BCUT2D eigenvalue weighted by Crippen LogP contribution is -2.42. The second kappa shape index (κ2) is 5.83. The molecule has 1 aliphatic carbocycles. The second-order valence-electron chi connectivity index (χ2n) is 5.75. The molecule has 7 heteroatoms. The van der Waals surface area contributed by atoms with Crippen molar-refractivity contribution in [1.29, 1.82) is 0 Å². The van der Waals surface area contributed by atoms with E-state index in [1.165, 1.54) is 12.6 Å². The minimum absolute atomic E-state index is 0.131. The number of imide groups is 2. The van der Waals surface area contributed by atoms with E-state index in [1.54, 1.807) is 0 Å². The highest BCUT2D eigenvalue weighted by molar-refractivity contribution is 6.44. The standard InChI is InChI=1S/C16H17N3O4/c1-18-14(21)15(22)19(16(18)23)9-13(20)17-12-8-4-6-10-5-2-3-7-11(10)12/h2-3,5,7,12H,4,6,8-9H2,1H3,(H,17,20)/t12-/m0/s1. The Kier molecular flexibility index (Phi) is 3.85. The normalized spacial score (nSPS) is 20.7. The molecular formula is C16H17N3O4. The van der Waals surface area contributed by atoms with Gasteiger partial charge in [0.25, 0.3) is 0 Å². The van der Waals surface area contributed by atoms with Crippen molar-refractivity contribution >= 4 is 23.8 Å². The van der Waals surface area contributed by atoms with Crippen LogP contribution in [0.25, 0.3) is 0 Å². The first-order valence-corrected chi connectivity index (χ1v) is 7.49. The quantitative estimate of drug-likeness (QED) is 0.654. The number of likely N-dealkylation sites (N-methyl/N-ethyl adjacent to an activating group) is 1.